The van der Waals surface area contributed by atoms with Crippen molar-refractivity contribution >= 4 is 11.6 Å². The lowest BCUT2D eigenvalue weighted by atomic mass is 9.97. The molecule has 1 N–H and O–H groups in total. The van der Waals surface area contributed by atoms with Gasteiger partial charge in [0.25, 0.3) is 0 Å². The zero-order valence-electron chi connectivity index (χ0n) is 12.3. The smallest absolute Gasteiger partial charge is 0.232 e. The second kappa shape index (κ2) is 5.44. The fraction of sp³-hybridized carbons (Fsp3) is 0.562. The number of carbonyl (C=O) groups is 1. The van der Waals surface area contributed by atoms with Crippen molar-refractivity contribution in [3.8, 4) is 0 Å². The second-order valence-electron chi connectivity index (χ2n) is 6.06. The van der Waals surface area contributed by atoms with E-state index in [1.807, 2.05) is 12.1 Å². The van der Waals surface area contributed by atoms with Crippen molar-refractivity contribution in [2.75, 3.05) is 39.0 Å². The lowest BCUT2D eigenvalue weighted by Crippen LogP contribution is -2.49. The number of likely N-dealkylation sites (tertiary alicyclic amines) is 1. The number of hydrogen-bond donors (Lipinski definition) is 1. The number of fused-ring (bicyclic) bond motifs is 1. The van der Waals surface area contributed by atoms with E-state index in [0.717, 1.165) is 37.3 Å². The Bertz CT molecular complexity index is 500. The molecule has 0 saturated carbocycles. The van der Waals surface area contributed by atoms with E-state index in [9.17, 15) is 4.79 Å². The van der Waals surface area contributed by atoms with E-state index in [4.69, 9.17) is 0 Å². The summed E-state index contributed by atoms with van der Waals surface area (Å²) < 4.78 is 0. The molecule has 1 aromatic rings. The van der Waals surface area contributed by atoms with Crippen LogP contribution in [0.15, 0.2) is 24.3 Å². The minimum Gasteiger partial charge on any atom is -0.384 e. The minimum absolute atomic E-state index is 0.00730. The van der Waals surface area contributed by atoms with Gasteiger partial charge in [0.15, 0.2) is 0 Å². The molecule has 1 fully saturated rings. The zero-order valence-corrected chi connectivity index (χ0v) is 12.3. The molecule has 0 bridgehead atoms. The van der Waals surface area contributed by atoms with Crippen molar-refractivity contribution in [3.63, 3.8) is 0 Å². The molecule has 4 heteroatoms. The molecule has 20 heavy (non-hydrogen) atoms. The molecule has 0 spiro atoms. The van der Waals surface area contributed by atoms with E-state index >= 15 is 0 Å². The Morgan fingerprint density at radius 3 is 2.95 bits per heavy atom. The molecule has 1 aromatic carbocycles. The van der Waals surface area contributed by atoms with Crippen LogP contribution in [0.25, 0.3) is 0 Å². The van der Waals surface area contributed by atoms with Crippen molar-refractivity contribution in [1.82, 2.24) is 9.80 Å². The Kier molecular flexibility index (Phi) is 3.66. The van der Waals surface area contributed by atoms with Crippen molar-refractivity contribution in [1.29, 1.82) is 0 Å². The van der Waals surface area contributed by atoms with Crippen LogP contribution < -0.4 is 5.32 Å². The highest BCUT2D eigenvalue weighted by atomic mass is 16.2. The Morgan fingerprint density at radius 2 is 2.15 bits per heavy atom. The summed E-state index contributed by atoms with van der Waals surface area (Å²) in [6.07, 6.45) is 2.30. The Labute approximate surface area is 120 Å². The first kappa shape index (κ1) is 13.4. The van der Waals surface area contributed by atoms with Gasteiger partial charge in [-0.05, 0) is 38.6 Å². The number of amides is 1. The number of nitrogens with zero attached hydrogens (tertiary/aromatic N) is 2. The van der Waals surface area contributed by atoms with E-state index in [1.54, 1.807) is 0 Å². The quantitative estimate of drug-likeness (QED) is 0.891. The Balaban J connectivity index is 1.74. The van der Waals surface area contributed by atoms with Crippen LogP contribution in [0.3, 0.4) is 0 Å². The van der Waals surface area contributed by atoms with E-state index in [1.165, 1.54) is 6.42 Å². The maximum absolute atomic E-state index is 12.8. The SMILES string of the molecule is CN(C)C1CCCN(C(=O)C2CNc3ccccc32)C1. The number of nitrogens with one attached hydrogen (secondary N) is 1. The molecule has 1 saturated heterocycles. The molecule has 2 aliphatic rings. The Morgan fingerprint density at radius 1 is 1.35 bits per heavy atom. The van der Waals surface area contributed by atoms with Gasteiger partial charge in [0.1, 0.15) is 0 Å². The van der Waals surface area contributed by atoms with Gasteiger partial charge in [-0.2, -0.15) is 0 Å². The number of likely N-dealkylation sites (N-methyl/N-ethyl adjacent to an activating group) is 1. The van der Waals surface area contributed by atoms with Crippen molar-refractivity contribution in [2.24, 2.45) is 0 Å². The van der Waals surface area contributed by atoms with Gasteiger partial charge in [-0.15, -0.1) is 0 Å². The minimum atomic E-state index is -0.00730. The number of hydrogen-bond acceptors (Lipinski definition) is 3. The predicted molar refractivity (Wildman–Crippen MR) is 81.0 cm³/mol. The third-order valence-corrected chi connectivity index (χ3v) is 4.57. The summed E-state index contributed by atoms with van der Waals surface area (Å²) in [5, 5.41) is 3.35. The molecule has 0 aromatic heterocycles. The van der Waals surface area contributed by atoms with Gasteiger partial charge in [-0.1, -0.05) is 18.2 Å². The highest BCUT2D eigenvalue weighted by Gasteiger charge is 2.34. The molecular weight excluding hydrogens is 250 g/mol. The summed E-state index contributed by atoms with van der Waals surface area (Å²) >= 11 is 0. The van der Waals surface area contributed by atoms with Gasteiger partial charge in [0.05, 0.1) is 5.92 Å². The molecule has 0 aliphatic carbocycles. The summed E-state index contributed by atoms with van der Waals surface area (Å²) in [5.74, 6) is 0.279. The first-order valence-corrected chi connectivity index (χ1v) is 7.45. The maximum atomic E-state index is 12.8. The summed E-state index contributed by atoms with van der Waals surface area (Å²) in [5.41, 5.74) is 2.27. The van der Waals surface area contributed by atoms with Crippen molar-refractivity contribution < 1.29 is 4.79 Å². The van der Waals surface area contributed by atoms with Crippen LogP contribution in [0.1, 0.15) is 24.3 Å². The predicted octanol–water partition coefficient (Wildman–Crippen LogP) is 1.75. The van der Waals surface area contributed by atoms with Crippen LogP contribution in [0.2, 0.25) is 0 Å². The molecule has 3 rings (SSSR count). The highest BCUT2D eigenvalue weighted by molar-refractivity contribution is 5.88. The molecular formula is C16H23N3O. The standard InChI is InChI=1S/C16H23N3O/c1-18(2)12-6-5-9-19(11-12)16(20)14-10-17-15-8-4-3-7-13(14)15/h3-4,7-8,12,14,17H,5-6,9-11H2,1-2H3. The average Bonchev–Trinajstić information content (AvgIpc) is 2.90. The molecule has 2 aliphatic heterocycles. The van der Waals surface area contributed by atoms with Crippen molar-refractivity contribution in [3.05, 3.63) is 29.8 Å². The summed E-state index contributed by atoms with van der Waals surface area (Å²) in [4.78, 5) is 17.1. The maximum Gasteiger partial charge on any atom is 0.232 e. The fourth-order valence-corrected chi connectivity index (χ4v) is 3.30. The number of piperidine rings is 1. The summed E-state index contributed by atoms with van der Waals surface area (Å²) in [6, 6.07) is 8.66. The molecule has 4 nitrogen and oxygen atoms in total. The third kappa shape index (κ3) is 2.40. The van der Waals surface area contributed by atoms with E-state index < -0.39 is 0 Å². The molecule has 2 heterocycles. The van der Waals surface area contributed by atoms with Crippen LogP contribution in [-0.4, -0.2) is 55.5 Å². The zero-order chi connectivity index (χ0) is 14.1. The summed E-state index contributed by atoms with van der Waals surface area (Å²) in [7, 11) is 4.20. The van der Waals surface area contributed by atoms with Crippen LogP contribution >= 0.6 is 0 Å². The summed E-state index contributed by atoms with van der Waals surface area (Å²) in [6.45, 7) is 2.51. The van der Waals surface area contributed by atoms with Gasteiger partial charge in [-0.3, -0.25) is 4.79 Å². The normalized spacial score (nSPS) is 25.4. The lowest BCUT2D eigenvalue weighted by Gasteiger charge is -2.37. The van der Waals surface area contributed by atoms with Gasteiger partial charge >= 0.3 is 0 Å². The molecule has 2 unspecified atom stereocenters. The number of para-hydroxylation sites is 1. The van der Waals surface area contributed by atoms with Gasteiger partial charge < -0.3 is 15.1 Å². The molecule has 2 atom stereocenters. The van der Waals surface area contributed by atoms with E-state index in [-0.39, 0.29) is 11.8 Å². The van der Waals surface area contributed by atoms with Gasteiger partial charge in [0.2, 0.25) is 5.91 Å². The van der Waals surface area contributed by atoms with Crippen molar-refractivity contribution in [2.45, 2.75) is 24.8 Å². The van der Waals surface area contributed by atoms with Crippen LogP contribution in [0.4, 0.5) is 5.69 Å². The molecule has 0 radical (unpaired) electrons. The number of carbonyl (C=O) groups excluding carboxylic acids is 1. The van der Waals surface area contributed by atoms with Gasteiger partial charge in [-0.25, -0.2) is 0 Å². The third-order valence-electron chi connectivity index (χ3n) is 4.57. The van der Waals surface area contributed by atoms with E-state index in [2.05, 4.69) is 41.3 Å². The largest absolute Gasteiger partial charge is 0.384 e. The monoisotopic (exact) mass is 273 g/mol. The second-order valence-corrected chi connectivity index (χ2v) is 6.06. The van der Waals surface area contributed by atoms with Gasteiger partial charge in [0, 0.05) is 31.4 Å². The van der Waals surface area contributed by atoms with Crippen LogP contribution in [0.5, 0.6) is 0 Å². The average molecular weight is 273 g/mol. The van der Waals surface area contributed by atoms with Crippen LogP contribution in [-0.2, 0) is 4.79 Å². The number of rotatable bonds is 2. The topological polar surface area (TPSA) is 35.6 Å². The molecule has 108 valence electrons. The first-order valence-electron chi connectivity index (χ1n) is 7.45. The fourth-order valence-electron chi connectivity index (χ4n) is 3.30. The molecule has 1 amide bonds. The van der Waals surface area contributed by atoms with E-state index in [0.29, 0.717) is 6.04 Å². The Hall–Kier alpha value is -1.55. The van der Waals surface area contributed by atoms with Crippen LogP contribution in [0, 0.1) is 0 Å². The highest BCUT2D eigenvalue weighted by Crippen LogP contribution is 2.33. The first-order chi connectivity index (χ1) is 9.66. The number of benzene rings is 1. The number of anilines is 1. The lowest BCUT2D eigenvalue weighted by molar-refractivity contribution is -0.134.